The summed E-state index contributed by atoms with van der Waals surface area (Å²) in [7, 11) is 0. The van der Waals surface area contributed by atoms with Crippen LogP contribution in [0.15, 0.2) is 0 Å². The molecular formula is C10H22NO. The van der Waals surface area contributed by atoms with Gasteiger partial charge in [0.25, 0.3) is 0 Å². The lowest BCUT2D eigenvalue weighted by Gasteiger charge is -2.06. The molecule has 73 valence electrons. The number of rotatable bonds is 8. The molecular weight excluding hydrogens is 150 g/mol. The zero-order chi connectivity index (χ0) is 9.23. The molecule has 0 saturated carbocycles. The van der Waals surface area contributed by atoms with Gasteiger partial charge in [-0.2, -0.15) is 0 Å². The van der Waals surface area contributed by atoms with Crippen molar-refractivity contribution < 1.29 is 4.74 Å². The lowest BCUT2D eigenvalue weighted by atomic mass is 10.1. The molecule has 0 fully saturated rings. The van der Waals surface area contributed by atoms with Crippen LogP contribution in [0.2, 0.25) is 0 Å². The van der Waals surface area contributed by atoms with E-state index in [1.165, 1.54) is 32.1 Å². The molecule has 2 nitrogen and oxygen atoms in total. The van der Waals surface area contributed by atoms with Crippen molar-refractivity contribution in [3.05, 3.63) is 6.92 Å². The highest BCUT2D eigenvalue weighted by molar-refractivity contribution is 4.48. The highest BCUT2D eigenvalue weighted by Crippen LogP contribution is 2.04. The van der Waals surface area contributed by atoms with Crippen LogP contribution in [0.5, 0.6) is 0 Å². The molecule has 12 heavy (non-hydrogen) atoms. The summed E-state index contributed by atoms with van der Waals surface area (Å²) < 4.78 is 5.12. The van der Waals surface area contributed by atoms with Gasteiger partial charge in [-0.25, -0.2) is 0 Å². The quantitative estimate of drug-likeness (QED) is 0.451. The topological polar surface area (TPSA) is 35.2 Å². The molecule has 0 aliphatic carbocycles. The summed E-state index contributed by atoms with van der Waals surface area (Å²) in [5.41, 5.74) is 5.32. The smallest absolute Gasteiger partial charge is 0.105 e. The first-order valence-electron chi connectivity index (χ1n) is 4.97. The Kier molecular flexibility index (Phi) is 8.95. The minimum atomic E-state index is -0.347. The Morgan fingerprint density at radius 1 is 1.17 bits per heavy atom. The van der Waals surface area contributed by atoms with E-state index in [1.54, 1.807) is 0 Å². The zero-order valence-electron chi connectivity index (χ0n) is 8.22. The largest absolute Gasteiger partial charge is 0.364 e. The second-order valence-electron chi connectivity index (χ2n) is 3.18. The fourth-order valence-electron chi connectivity index (χ4n) is 1.12. The molecule has 0 rings (SSSR count). The van der Waals surface area contributed by atoms with Gasteiger partial charge in [0.05, 0.1) is 0 Å². The summed E-state index contributed by atoms with van der Waals surface area (Å²) >= 11 is 0. The Labute approximate surface area is 76.5 Å². The lowest BCUT2D eigenvalue weighted by Crippen LogP contribution is -2.19. The second-order valence-corrected chi connectivity index (χ2v) is 3.18. The number of hydrogen-bond acceptors (Lipinski definition) is 2. The molecule has 2 heteroatoms. The average Bonchev–Trinajstić information content (AvgIpc) is 2.02. The van der Waals surface area contributed by atoms with E-state index in [9.17, 15) is 0 Å². The first-order valence-corrected chi connectivity index (χ1v) is 4.97. The Morgan fingerprint density at radius 3 is 2.33 bits per heavy atom. The molecule has 0 amide bonds. The van der Waals surface area contributed by atoms with Crippen LogP contribution in [0.25, 0.3) is 0 Å². The van der Waals surface area contributed by atoms with E-state index in [-0.39, 0.29) is 6.23 Å². The summed E-state index contributed by atoms with van der Waals surface area (Å²) in [6.45, 7) is 6.53. The Morgan fingerprint density at radius 2 is 1.75 bits per heavy atom. The Balaban J connectivity index is 2.82. The van der Waals surface area contributed by atoms with Gasteiger partial charge in [-0.3, -0.25) is 0 Å². The standard InChI is InChI=1S/C10H22NO/c1-3-4-5-6-7-8-9-12-10(2)11/h10H,2-9,11H2,1H3. The van der Waals surface area contributed by atoms with Crippen molar-refractivity contribution in [2.24, 2.45) is 5.73 Å². The molecule has 0 aromatic carbocycles. The molecule has 1 atom stereocenters. The molecule has 0 aliphatic heterocycles. The van der Waals surface area contributed by atoms with E-state index in [2.05, 4.69) is 13.8 Å². The highest BCUT2D eigenvalue weighted by atomic mass is 16.5. The summed E-state index contributed by atoms with van der Waals surface area (Å²) in [4.78, 5) is 0. The summed E-state index contributed by atoms with van der Waals surface area (Å²) in [6, 6.07) is 0. The fraction of sp³-hybridized carbons (Fsp3) is 0.900. The first-order chi connectivity index (χ1) is 5.77. The SMILES string of the molecule is [CH2]C(N)OCCCCCCCC. The van der Waals surface area contributed by atoms with Gasteiger partial charge in [0.2, 0.25) is 0 Å². The fourth-order valence-corrected chi connectivity index (χ4v) is 1.12. The van der Waals surface area contributed by atoms with Gasteiger partial charge < -0.3 is 10.5 Å². The van der Waals surface area contributed by atoms with Crippen LogP contribution in [0.3, 0.4) is 0 Å². The predicted molar refractivity (Wildman–Crippen MR) is 52.7 cm³/mol. The molecule has 1 unspecified atom stereocenters. The van der Waals surface area contributed by atoms with Gasteiger partial charge in [0.1, 0.15) is 6.23 Å². The van der Waals surface area contributed by atoms with Crippen molar-refractivity contribution in [1.29, 1.82) is 0 Å². The van der Waals surface area contributed by atoms with Crippen molar-refractivity contribution in [2.45, 2.75) is 51.7 Å². The maximum absolute atomic E-state index is 5.32. The Bertz CT molecular complexity index is 83.9. The summed E-state index contributed by atoms with van der Waals surface area (Å²) in [5, 5.41) is 0. The first kappa shape index (κ1) is 11.9. The molecule has 2 N–H and O–H groups in total. The van der Waals surface area contributed by atoms with Gasteiger partial charge in [0.15, 0.2) is 0 Å². The van der Waals surface area contributed by atoms with Crippen molar-refractivity contribution in [3.63, 3.8) is 0 Å². The van der Waals surface area contributed by atoms with E-state index in [1.807, 2.05) is 0 Å². The second kappa shape index (κ2) is 9.01. The molecule has 0 spiro atoms. The third kappa shape index (κ3) is 9.92. The van der Waals surface area contributed by atoms with Gasteiger partial charge in [-0.15, -0.1) is 0 Å². The maximum Gasteiger partial charge on any atom is 0.105 e. The highest BCUT2D eigenvalue weighted by Gasteiger charge is 1.93. The molecule has 1 radical (unpaired) electrons. The van der Waals surface area contributed by atoms with Crippen LogP contribution >= 0.6 is 0 Å². The molecule has 0 aromatic heterocycles. The minimum Gasteiger partial charge on any atom is -0.364 e. The van der Waals surface area contributed by atoms with Crippen molar-refractivity contribution in [3.8, 4) is 0 Å². The van der Waals surface area contributed by atoms with E-state index < -0.39 is 0 Å². The Hall–Kier alpha value is -0.0800. The molecule has 0 bridgehead atoms. The summed E-state index contributed by atoms with van der Waals surface area (Å²) in [5.74, 6) is 0. The lowest BCUT2D eigenvalue weighted by molar-refractivity contribution is 0.0844. The average molecular weight is 172 g/mol. The maximum atomic E-state index is 5.32. The number of hydrogen-bond donors (Lipinski definition) is 1. The van der Waals surface area contributed by atoms with Crippen LogP contribution in [0.4, 0.5) is 0 Å². The van der Waals surface area contributed by atoms with Crippen LogP contribution < -0.4 is 5.73 Å². The third-order valence-electron chi connectivity index (χ3n) is 1.83. The molecule has 0 aliphatic rings. The molecule has 0 saturated heterocycles. The normalized spacial score (nSPS) is 13.2. The number of unbranched alkanes of at least 4 members (excludes halogenated alkanes) is 5. The van der Waals surface area contributed by atoms with Gasteiger partial charge >= 0.3 is 0 Å². The zero-order valence-corrected chi connectivity index (χ0v) is 8.22. The minimum absolute atomic E-state index is 0.347. The van der Waals surface area contributed by atoms with E-state index in [0.717, 1.165) is 13.0 Å². The van der Waals surface area contributed by atoms with Crippen molar-refractivity contribution in [1.82, 2.24) is 0 Å². The van der Waals surface area contributed by atoms with E-state index in [4.69, 9.17) is 10.5 Å². The molecule has 0 heterocycles. The van der Waals surface area contributed by atoms with Crippen LogP contribution in [-0.2, 0) is 4.74 Å². The van der Waals surface area contributed by atoms with Crippen LogP contribution in [0.1, 0.15) is 45.4 Å². The van der Waals surface area contributed by atoms with E-state index in [0.29, 0.717) is 0 Å². The number of ether oxygens (including phenoxy) is 1. The van der Waals surface area contributed by atoms with Crippen molar-refractivity contribution >= 4 is 0 Å². The third-order valence-corrected chi connectivity index (χ3v) is 1.83. The van der Waals surface area contributed by atoms with Crippen LogP contribution in [-0.4, -0.2) is 12.8 Å². The van der Waals surface area contributed by atoms with Gasteiger partial charge in [-0.05, 0) is 13.3 Å². The molecule has 0 aromatic rings. The van der Waals surface area contributed by atoms with Gasteiger partial charge in [0, 0.05) is 6.61 Å². The van der Waals surface area contributed by atoms with Crippen LogP contribution in [0, 0.1) is 6.92 Å². The van der Waals surface area contributed by atoms with E-state index >= 15 is 0 Å². The monoisotopic (exact) mass is 172 g/mol. The predicted octanol–water partition coefficient (Wildman–Crippen LogP) is 2.48. The van der Waals surface area contributed by atoms with Crippen molar-refractivity contribution in [2.75, 3.05) is 6.61 Å². The summed E-state index contributed by atoms with van der Waals surface area (Å²) in [6.07, 6.45) is 7.37. The van der Waals surface area contributed by atoms with Gasteiger partial charge in [-0.1, -0.05) is 39.0 Å². The number of nitrogens with two attached hydrogens (primary N) is 1.